The highest BCUT2D eigenvalue weighted by atomic mass is 32.1. The summed E-state index contributed by atoms with van der Waals surface area (Å²) in [6.45, 7) is 0.362. The van der Waals surface area contributed by atoms with Crippen molar-refractivity contribution in [2.75, 3.05) is 5.32 Å². The van der Waals surface area contributed by atoms with Crippen LogP contribution in [0.5, 0.6) is 0 Å². The molecule has 94 valence electrons. The van der Waals surface area contributed by atoms with Crippen molar-refractivity contribution in [2.24, 2.45) is 0 Å². The second-order valence-corrected chi connectivity index (χ2v) is 4.56. The van der Waals surface area contributed by atoms with Crippen LogP contribution in [0.1, 0.15) is 15.2 Å². The van der Waals surface area contributed by atoms with Crippen molar-refractivity contribution in [3.05, 3.63) is 51.7 Å². The van der Waals surface area contributed by atoms with Crippen LogP contribution in [0.2, 0.25) is 0 Å². The molecule has 0 aliphatic rings. The second kappa shape index (κ2) is 5.14. The van der Waals surface area contributed by atoms with E-state index in [0.29, 0.717) is 6.54 Å². The molecule has 2 N–H and O–H groups in total. The van der Waals surface area contributed by atoms with Crippen LogP contribution in [-0.4, -0.2) is 11.1 Å². The molecule has 0 aliphatic heterocycles. The predicted molar refractivity (Wildman–Crippen MR) is 65.0 cm³/mol. The molecule has 0 saturated heterocycles. The third-order valence-electron chi connectivity index (χ3n) is 2.35. The largest absolute Gasteiger partial charge is 0.478 e. The highest BCUT2D eigenvalue weighted by Gasteiger charge is 2.17. The highest BCUT2D eigenvalue weighted by Crippen LogP contribution is 2.22. The average molecular weight is 269 g/mol. The lowest BCUT2D eigenvalue weighted by Gasteiger charge is -2.08. The first kappa shape index (κ1) is 12.5. The number of nitrogens with one attached hydrogen (secondary N) is 1. The molecular formula is C12H9F2NO2S. The van der Waals surface area contributed by atoms with Gasteiger partial charge in [0.15, 0.2) is 11.6 Å². The fourth-order valence-electron chi connectivity index (χ4n) is 1.45. The number of benzene rings is 1. The van der Waals surface area contributed by atoms with Gasteiger partial charge in [-0.25, -0.2) is 13.6 Å². The van der Waals surface area contributed by atoms with E-state index in [-0.39, 0.29) is 5.69 Å². The minimum atomic E-state index is -1.49. The molecule has 6 heteroatoms. The lowest BCUT2D eigenvalue weighted by atomic mass is 10.2. The Morgan fingerprint density at radius 1 is 1.28 bits per heavy atom. The fraction of sp³-hybridized carbons (Fsp3) is 0.0833. The first-order chi connectivity index (χ1) is 8.59. The van der Waals surface area contributed by atoms with Crippen molar-refractivity contribution in [1.29, 1.82) is 0 Å². The number of carboxylic acid groups (broad SMARTS) is 1. The minimum Gasteiger partial charge on any atom is -0.478 e. The van der Waals surface area contributed by atoms with Gasteiger partial charge in [-0.1, -0.05) is 6.07 Å². The van der Waals surface area contributed by atoms with E-state index in [9.17, 15) is 13.6 Å². The van der Waals surface area contributed by atoms with Gasteiger partial charge in [0.25, 0.3) is 0 Å². The molecule has 0 aliphatic carbocycles. The van der Waals surface area contributed by atoms with E-state index in [1.807, 2.05) is 17.5 Å². The maximum absolute atomic E-state index is 13.6. The van der Waals surface area contributed by atoms with Gasteiger partial charge in [0.2, 0.25) is 0 Å². The van der Waals surface area contributed by atoms with Crippen LogP contribution >= 0.6 is 11.3 Å². The van der Waals surface area contributed by atoms with Crippen LogP contribution in [0.25, 0.3) is 0 Å². The summed E-state index contributed by atoms with van der Waals surface area (Å²) in [6, 6.07) is 5.97. The van der Waals surface area contributed by atoms with Crippen molar-refractivity contribution < 1.29 is 18.7 Å². The van der Waals surface area contributed by atoms with Gasteiger partial charge < -0.3 is 10.4 Å². The Morgan fingerprint density at radius 3 is 2.67 bits per heavy atom. The Kier molecular flexibility index (Phi) is 3.57. The fourth-order valence-corrected chi connectivity index (χ4v) is 2.09. The number of carboxylic acids is 1. The first-order valence-corrected chi connectivity index (χ1v) is 5.95. The Balaban J connectivity index is 2.19. The van der Waals surface area contributed by atoms with Crippen molar-refractivity contribution in [3.63, 3.8) is 0 Å². The summed E-state index contributed by atoms with van der Waals surface area (Å²) in [4.78, 5) is 11.6. The second-order valence-electron chi connectivity index (χ2n) is 3.53. The van der Waals surface area contributed by atoms with E-state index in [2.05, 4.69) is 5.32 Å². The molecule has 0 bridgehead atoms. The number of anilines is 1. The van der Waals surface area contributed by atoms with Crippen LogP contribution in [0, 0.1) is 11.6 Å². The molecule has 0 fully saturated rings. The average Bonchev–Trinajstić information content (AvgIpc) is 2.83. The maximum atomic E-state index is 13.6. The molecule has 1 aromatic heterocycles. The van der Waals surface area contributed by atoms with Gasteiger partial charge in [0, 0.05) is 11.4 Å². The molecular weight excluding hydrogens is 260 g/mol. The third-order valence-corrected chi connectivity index (χ3v) is 3.22. The van der Waals surface area contributed by atoms with Crippen LogP contribution < -0.4 is 5.32 Å². The van der Waals surface area contributed by atoms with Gasteiger partial charge in [-0.15, -0.1) is 11.3 Å². The standard InChI is InChI=1S/C12H9F2NO2S/c13-10-8(12(16)17)3-4-9(11(10)14)15-6-7-2-1-5-18-7/h1-5,15H,6H2,(H,16,17). The van der Waals surface area contributed by atoms with Crippen LogP contribution in [0.4, 0.5) is 14.5 Å². The van der Waals surface area contributed by atoms with Gasteiger partial charge in [0.05, 0.1) is 11.3 Å². The van der Waals surface area contributed by atoms with Crippen molar-refractivity contribution in [3.8, 4) is 0 Å². The van der Waals surface area contributed by atoms with E-state index in [1.54, 1.807) is 0 Å². The Morgan fingerprint density at radius 2 is 2.06 bits per heavy atom. The van der Waals surface area contributed by atoms with Crippen LogP contribution in [-0.2, 0) is 6.54 Å². The zero-order valence-electron chi connectivity index (χ0n) is 9.11. The molecule has 2 rings (SSSR count). The molecule has 0 atom stereocenters. The Bertz CT molecular complexity index is 570. The van der Waals surface area contributed by atoms with Gasteiger partial charge in [-0.05, 0) is 23.6 Å². The summed E-state index contributed by atoms with van der Waals surface area (Å²) in [5.41, 5.74) is -0.722. The molecule has 0 saturated carbocycles. The SMILES string of the molecule is O=C(O)c1ccc(NCc2cccs2)c(F)c1F. The quantitative estimate of drug-likeness (QED) is 0.895. The number of hydrogen-bond donors (Lipinski definition) is 2. The van der Waals surface area contributed by atoms with Gasteiger partial charge in [0.1, 0.15) is 0 Å². The summed E-state index contributed by atoms with van der Waals surface area (Å²) in [7, 11) is 0. The van der Waals surface area contributed by atoms with Crippen LogP contribution in [0.15, 0.2) is 29.6 Å². The molecule has 2 aromatic rings. The van der Waals surface area contributed by atoms with E-state index in [4.69, 9.17) is 5.11 Å². The van der Waals surface area contributed by atoms with Crippen molar-refractivity contribution in [1.82, 2.24) is 0 Å². The summed E-state index contributed by atoms with van der Waals surface area (Å²) in [5, 5.41) is 13.2. The number of thiophene rings is 1. The smallest absolute Gasteiger partial charge is 0.338 e. The van der Waals surface area contributed by atoms with Gasteiger partial charge in [-0.2, -0.15) is 0 Å². The Hall–Kier alpha value is -1.95. The molecule has 1 heterocycles. The Labute approximate surface area is 106 Å². The highest BCUT2D eigenvalue weighted by molar-refractivity contribution is 7.09. The molecule has 1 aromatic carbocycles. The number of rotatable bonds is 4. The maximum Gasteiger partial charge on any atom is 0.338 e. The predicted octanol–water partition coefficient (Wildman–Crippen LogP) is 3.34. The molecule has 0 amide bonds. The third kappa shape index (κ3) is 2.48. The zero-order valence-corrected chi connectivity index (χ0v) is 9.93. The monoisotopic (exact) mass is 269 g/mol. The van der Waals surface area contributed by atoms with E-state index in [0.717, 1.165) is 10.9 Å². The molecule has 0 unspecified atom stereocenters. The van der Waals surface area contributed by atoms with Gasteiger partial charge >= 0.3 is 5.97 Å². The topological polar surface area (TPSA) is 49.3 Å². The van der Waals surface area contributed by atoms with Crippen molar-refractivity contribution >= 4 is 23.0 Å². The molecule has 0 radical (unpaired) electrons. The molecule has 18 heavy (non-hydrogen) atoms. The number of carbonyl (C=O) groups is 1. The number of hydrogen-bond acceptors (Lipinski definition) is 3. The summed E-state index contributed by atoms with van der Waals surface area (Å²) >= 11 is 1.49. The molecule has 3 nitrogen and oxygen atoms in total. The minimum absolute atomic E-state index is 0.0501. The summed E-state index contributed by atoms with van der Waals surface area (Å²) in [6.07, 6.45) is 0. The zero-order chi connectivity index (χ0) is 13.1. The summed E-state index contributed by atoms with van der Waals surface area (Å²) in [5.74, 6) is -4.01. The summed E-state index contributed by atoms with van der Waals surface area (Å²) < 4.78 is 26.9. The molecule has 0 spiro atoms. The lowest BCUT2D eigenvalue weighted by molar-refractivity contribution is 0.0690. The van der Waals surface area contributed by atoms with E-state index >= 15 is 0 Å². The van der Waals surface area contributed by atoms with Gasteiger partial charge in [-0.3, -0.25) is 0 Å². The lowest BCUT2D eigenvalue weighted by Crippen LogP contribution is -2.07. The van der Waals surface area contributed by atoms with Crippen molar-refractivity contribution in [2.45, 2.75) is 6.54 Å². The normalized spacial score (nSPS) is 10.3. The van der Waals surface area contributed by atoms with E-state index in [1.165, 1.54) is 17.4 Å². The van der Waals surface area contributed by atoms with E-state index < -0.39 is 23.2 Å². The number of halogens is 2. The van der Waals surface area contributed by atoms with Crippen LogP contribution in [0.3, 0.4) is 0 Å². The number of aromatic carboxylic acids is 1. The first-order valence-electron chi connectivity index (χ1n) is 5.07.